The number of anilines is 1. The summed E-state index contributed by atoms with van der Waals surface area (Å²) in [4.78, 5) is 15.9. The number of aromatic nitrogens is 1. The Kier molecular flexibility index (Phi) is 3.20. The SMILES string of the molecule is COCC(=O)[C@@H]1[C@H]2Oc3ccc(Oc4ccnc(N)c4)cc3[C@H]21. The van der Waals surface area contributed by atoms with Crippen molar-refractivity contribution in [1.82, 2.24) is 4.98 Å². The van der Waals surface area contributed by atoms with Crippen LogP contribution >= 0.6 is 0 Å². The number of ketones is 1. The number of nitrogens with zero attached hydrogens (tertiary/aromatic N) is 1. The van der Waals surface area contributed by atoms with Crippen LogP contribution in [0.5, 0.6) is 17.2 Å². The lowest BCUT2D eigenvalue weighted by atomic mass is 10.1. The fraction of sp³-hybridized carbons (Fsp3) is 0.294. The van der Waals surface area contributed by atoms with E-state index in [2.05, 4.69) is 4.98 Å². The number of hydrogen-bond donors (Lipinski definition) is 1. The summed E-state index contributed by atoms with van der Waals surface area (Å²) in [5, 5.41) is 0. The van der Waals surface area contributed by atoms with Crippen LogP contribution in [0.4, 0.5) is 5.82 Å². The van der Waals surface area contributed by atoms with Crippen LogP contribution in [-0.2, 0) is 9.53 Å². The van der Waals surface area contributed by atoms with Crippen LogP contribution < -0.4 is 15.2 Å². The van der Waals surface area contributed by atoms with Crippen molar-refractivity contribution in [2.45, 2.75) is 12.0 Å². The fourth-order valence-electron chi connectivity index (χ4n) is 3.15. The minimum Gasteiger partial charge on any atom is -0.489 e. The molecule has 1 aliphatic heterocycles. The van der Waals surface area contributed by atoms with Gasteiger partial charge in [-0.2, -0.15) is 0 Å². The number of ether oxygens (including phenoxy) is 3. The average Bonchev–Trinajstić information content (AvgIpc) is 3.12. The van der Waals surface area contributed by atoms with Gasteiger partial charge in [-0.05, 0) is 24.3 Å². The molecule has 2 aromatic rings. The maximum atomic E-state index is 12.0. The van der Waals surface area contributed by atoms with Crippen molar-refractivity contribution in [2.24, 2.45) is 5.92 Å². The Bertz CT molecular complexity index is 777. The van der Waals surface area contributed by atoms with Crippen LogP contribution in [0.1, 0.15) is 11.5 Å². The number of fused-ring (bicyclic) bond motifs is 3. The molecule has 6 nitrogen and oxygen atoms in total. The zero-order valence-corrected chi connectivity index (χ0v) is 12.6. The molecule has 1 aromatic heterocycles. The van der Waals surface area contributed by atoms with Crippen molar-refractivity contribution < 1.29 is 19.0 Å². The summed E-state index contributed by atoms with van der Waals surface area (Å²) in [5.41, 5.74) is 6.67. The fourth-order valence-corrected chi connectivity index (χ4v) is 3.15. The maximum Gasteiger partial charge on any atom is 0.165 e. The van der Waals surface area contributed by atoms with Gasteiger partial charge in [-0.1, -0.05) is 0 Å². The molecule has 2 aliphatic rings. The van der Waals surface area contributed by atoms with E-state index in [0.717, 1.165) is 11.3 Å². The van der Waals surface area contributed by atoms with Gasteiger partial charge in [0.1, 0.15) is 35.8 Å². The number of hydrogen-bond acceptors (Lipinski definition) is 6. The van der Waals surface area contributed by atoms with Gasteiger partial charge in [0.2, 0.25) is 0 Å². The van der Waals surface area contributed by atoms with Crippen molar-refractivity contribution >= 4 is 11.6 Å². The normalized spacial score (nSPS) is 23.6. The first-order valence-corrected chi connectivity index (χ1v) is 7.39. The van der Waals surface area contributed by atoms with Gasteiger partial charge in [0, 0.05) is 30.9 Å². The molecule has 1 aromatic carbocycles. The first kappa shape index (κ1) is 14.0. The van der Waals surface area contributed by atoms with Gasteiger partial charge in [0.15, 0.2) is 5.78 Å². The molecule has 1 aliphatic carbocycles. The summed E-state index contributed by atoms with van der Waals surface area (Å²) in [6, 6.07) is 9.04. The predicted molar refractivity (Wildman–Crippen MR) is 82.7 cm³/mol. The highest BCUT2D eigenvalue weighted by molar-refractivity contribution is 5.88. The Morgan fingerprint density at radius 2 is 2.13 bits per heavy atom. The van der Waals surface area contributed by atoms with Crippen LogP contribution in [0.2, 0.25) is 0 Å². The Balaban J connectivity index is 1.55. The molecule has 6 heteroatoms. The number of rotatable bonds is 5. The van der Waals surface area contributed by atoms with Crippen LogP contribution in [0.25, 0.3) is 0 Å². The van der Waals surface area contributed by atoms with Crippen molar-refractivity contribution in [3.63, 3.8) is 0 Å². The van der Waals surface area contributed by atoms with Crippen molar-refractivity contribution in [2.75, 3.05) is 19.5 Å². The molecule has 0 spiro atoms. The van der Waals surface area contributed by atoms with Gasteiger partial charge in [0.05, 0.1) is 5.92 Å². The lowest BCUT2D eigenvalue weighted by molar-refractivity contribution is -0.124. The number of nitrogens with two attached hydrogens (primary N) is 1. The zero-order valence-electron chi connectivity index (χ0n) is 12.6. The molecule has 0 radical (unpaired) electrons. The van der Waals surface area contributed by atoms with Crippen molar-refractivity contribution in [3.05, 3.63) is 42.1 Å². The molecule has 1 saturated carbocycles. The second-order valence-electron chi connectivity index (χ2n) is 5.75. The molecule has 0 unspecified atom stereocenters. The first-order chi connectivity index (χ1) is 11.2. The third-order valence-corrected chi connectivity index (χ3v) is 4.20. The molecule has 2 heterocycles. The van der Waals surface area contributed by atoms with Gasteiger partial charge in [0.25, 0.3) is 0 Å². The summed E-state index contributed by atoms with van der Waals surface area (Å²) in [6.07, 6.45) is 1.54. The standard InChI is InChI=1S/C17H16N2O4/c1-21-8-12(20)16-15-11-6-9(2-3-13(11)23-17(15)16)22-10-4-5-19-14(18)7-10/h2-7,15-17H,8H2,1H3,(H2,18,19)/t15-,16-,17-/m0/s1. The summed E-state index contributed by atoms with van der Waals surface area (Å²) in [5.74, 6) is 2.62. The summed E-state index contributed by atoms with van der Waals surface area (Å²) in [7, 11) is 1.53. The molecule has 0 bridgehead atoms. The summed E-state index contributed by atoms with van der Waals surface area (Å²) in [6.45, 7) is 0.128. The van der Waals surface area contributed by atoms with E-state index in [1.165, 1.54) is 7.11 Å². The van der Waals surface area contributed by atoms with Gasteiger partial charge >= 0.3 is 0 Å². The maximum absolute atomic E-state index is 12.0. The lowest BCUT2D eigenvalue weighted by Crippen LogP contribution is -2.14. The molecular weight excluding hydrogens is 296 g/mol. The Morgan fingerprint density at radius 3 is 2.91 bits per heavy atom. The van der Waals surface area contributed by atoms with Crippen LogP contribution in [0, 0.1) is 5.92 Å². The smallest absolute Gasteiger partial charge is 0.165 e. The molecule has 0 amide bonds. The number of nitrogen functional groups attached to an aromatic ring is 1. The summed E-state index contributed by atoms with van der Waals surface area (Å²) >= 11 is 0. The minimum atomic E-state index is -0.103. The highest BCUT2D eigenvalue weighted by atomic mass is 16.5. The van der Waals surface area contributed by atoms with Crippen LogP contribution in [-0.4, -0.2) is 30.6 Å². The molecule has 4 rings (SSSR count). The molecule has 0 saturated heterocycles. The number of Topliss-reactive ketones (excluding diaryl/α,β-unsaturated/α-hetero) is 1. The number of methoxy groups -OCH3 is 1. The zero-order chi connectivity index (χ0) is 16.0. The highest BCUT2D eigenvalue weighted by Crippen LogP contribution is 2.59. The second-order valence-corrected chi connectivity index (χ2v) is 5.75. The van der Waals surface area contributed by atoms with Gasteiger partial charge < -0.3 is 19.9 Å². The molecule has 118 valence electrons. The molecule has 2 N–H and O–H groups in total. The van der Waals surface area contributed by atoms with E-state index in [1.54, 1.807) is 18.3 Å². The van der Waals surface area contributed by atoms with E-state index in [-0.39, 0.29) is 30.3 Å². The third kappa shape index (κ3) is 2.41. The first-order valence-electron chi connectivity index (χ1n) is 7.39. The number of carbonyl (C=O) groups is 1. The second kappa shape index (κ2) is 5.24. The number of pyridine rings is 1. The predicted octanol–water partition coefficient (Wildman–Crippen LogP) is 2.15. The lowest BCUT2D eigenvalue weighted by Gasteiger charge is -2.10. The highest BCUT2D eigenvalue weighted by Gasteiger charge is 2.62. The Hall–Kier alpha value is -2.60. The van der Waals surface area contributed by atoms with Gasteiger partial charge in [-0.25, -0.2) is 4.98 Å². The number of benzene rings is 1. The van der Waals surface area contributed by atoms with E-state index in [1.807, 2.05) is 18.2 Å². The van der Waals surface area contributed by atoms with E-state index < -0.39 is 0 Å². The monoisotopic (exact) mass is 312 g/mol. The molecular formula is C17H16N2O4. The van der Waals surface area contributed by atoms with E-state index in [9.17, 15) is 4.79 Å². The largest absolute Gasteiger partial charge is 0.489 e. The van der Waals surface area contributed by atoms with Crippen molar-refractivity contribution in [3.8, 4) is 17.2 Å². The topological polar surface area (TPSA) is 83.7 Å². The van der Waals surface area contributed by atoms with Crippen LogP contribution in [0.3, 0.4) is 0 Å². The molecule has 23 heavy (non-hydrogen) atoms. The summed E-state index contributed by atoms with van der Waals surface area (Å²) < 4.78 is 16.6. The van der Waals surface area contributed by atoms with E-state index in [0.29, 0.717) is 17.3 Å². The Morgan fingerprint density at radius 1 is 1.30 bits per heavy atom. The molecule has 3 atom stereocenters. The average molecular weight is 312 g/mol. The van der Waals surface area contributed by atoms with Crippen molar-refractivity contribution in [1.29, 1.82) is 0 Å². The number of carbonyl (C=O) groups excluding carboxylic acids is 1. The quantitative estimate of drug-likeness (QED) is 0.910. The molecule has 1 fully saturated rings. The van der Waals surface area contributed by atoms with Gasteiger partial charge in [-0.3, -0.25) is 4.79 Å². The third-order valence-electron chi connectivity index (χ3n) is 4.20. The van der Waals surface area contributed by atoms with E-state index >= 15 is 0 Å². The van der Waals surface area contributed by atoms with Gasteiger partial charge in [-0.15, -0.1) is 0 Å². The Labute approximate surface area is 133 Å². The minimum absolute atomic E-state index is 0.0560. The van der Waals surface area contributed by atoms with Crippen LogP contribution in [0.15, 0.2) is 36.5 Å². The van der Waals surface area contributed by atoms with E-state index in [4.69, 9.17) is 19.9 Å².